The van der Waals surface area contributed by atoms with Crippen molar-refractivity contribution < 1.29 is 4.79 Å². The molecule has 1 saturated carbocycles. The zero-order valence-corrected chi connectivity index (χ0v) is 12.4. The average molecular weight is 265 g/mol. The Morgan fingerprint density at radius 2 is 2.17 bits per heavy atom. The molecular weight excluding hydrogens is 242 g/mol. The van der Waals surface area contributed by atoms with Crippen molar-refractivity contribution in [1.29, 1.82) is 0 Å². The van der Waals surface area contributed by atoms with Gasteiger partial charge in [-0.15, -0.1) is 11.3 Å². The fraction of sp³-hybridized carbons (Fsp3) is 0.667. The molecule has 1 fully saturated rings. The number of hydrogen-bond donors (Lipinski definition) is 0. The van der Waals surface area contributed by atoms with Gasteiger partial charge in [0.05, 0.1) is 11.4 Å². The highest BCUT2D eigenvalue weighted by molar-refractivity contribution is 7.14. The summed E-state index contributed by atoms with van der Waals surface area (Å²) in [6, 6.07) is 4.75. The van der Waals surface area contributed by atoms with E-state index < -0.39 is 0 Å². The van der Waals surface area contributed by atoms with E-state index in [9.17, 15) is 4.79 Å². The molecule has 0 N–H and O–H groups in total. The highest BCUT2D eigenvalue weighted by Crippen LogP contribution is 2.28. The Balaban J connectivity index is 1.95. The predicted octanol–water partition coefficient (Wildman–Crippen LogP) is 3.61. The molecule has 0 aromatic carbocycles. The maximum absolute atomic E-state index is 12.3. The number of Topliss-reactive ketones (excluding diaryl/α,β-unsaturated/α-hetero) is 1. The number of hydrogen-bond acceptors (Lipinski definition) is 3. The lowest BCUT2D eigenvalue weighted by atomic mass is 10.2. The van der Waals surface area contributed by atoms with Crippen molar-refractivity contribution in [3.63, 3.8) is 0 Å². The van der Waals surface area contributed by atoms with Crippen molar-refractivity contribution in [1.82, 2.24) is 4.90 Å². The summed E-state index contributed by atoms with van der Waals surface area (Å²) in [4.78, 5) is 16.9. The van der Waals surface area contributed by atoms with E-state index in [1.54, 1.807) is 11.3 Å². The SMILES string of the molecule is CCc1ccc(C(=O)CN(CC(C)C)C2CC2)s1. The van der Waals surface area contributed by atoms with E-state index in [1.165, 1.54) is 17.7 Å². The average Bonchev–Trinajstić information content (AvgIpc) is 3.05. The topological polar surface area (TPSA) is 20.3 Å². The Morgan fingerprint density at radius 3 is 2.67 bits per heavy atom. The summed E-state index contributed by atoms with van der Waals surface area (Å²) in [5.41, 5.74) is 0. The van der Waals surface area contributed by atoms with Gasteiger partial charge >= 0.3 is 0 Å². The summed E-state index contributed by atoms with van der Waals surface area (Å²) in [5.74, 6) is 0.931. The van der Waals surface area contributed by atoms with Gasteiger partial charge in [-0.05, 0) is 37.3 Å². The van der Waals surface area contributed by atoms with Crippen LogP contribution in [0.1, 0.15) is 48.2 Å². The number of carbonyl (C=O) groups excluding carboxylic acids is 1. The standard InChI is InChI=1S/C15H23NOS/c1-4-13-7-8-15(18-13)14(17)10-16(9-11(2)3)12-5-6-12/h7-8,11-12H,4-6,9-10H2,1-3H3. The van der Waals surface area contributed by atoms with E-state index in [0.29, 0.717) is 24.3 Å². The van der Waals surface area contributed by atoms with Crippen molar-refractivity contribution in [2.24, 2.45) is 5.92 Å². The molecular formula is C15H23NOS. The molecule has 1 aliphatic rings. The molecule has 0 unspecified atom stereocenters. The molecule has 2 rings (SSSR count). The van der Waals surface area contributed by atoms with Crippen LogP contribution in [0.25, 0.3) is 0 Å². The molecule has 0 bridgehead atoms. The molecule has 1 aromatic heterocycles. The molecule has 1 heterocycles. The summed E-state index contributed by atoms with van der Waals surface area (Å²) < 4.78 is 0. The Labute approximate surface area is 114 Å². The molecule has 0 radical (unpaired) electrons. The van der Waals surface area contributed by atoms with Crippen LogP contribution in [0, 0.1) is 5.92 Å². The van der Waals surface area contributed by atoms with Crippen molar-refractivity contribution in [3.8, 4) is 0 Å². The minimum atomic E-state index is 0.298. The number of ketones is 1. The monoisotopic (exact) mass is 265 g/mol. The van der Waals surface area contributed by atoms with E-state index in [4.69, 9.17) is 0 Å². The maximum Gasteiger partial charge on any atom is 0.186 e. The van der Waals surface area contributed by atoms with Crippen LogP contribution in [-0.2, 0) is 6.42 Å². The van der Waals surface area contributed by atoms with Gasteiger partial charge in [-0.25, -0.2) is 0 Å². The van der Waals surface area contributed by atoms with Crippen LogP contribution in [0.5, 0.6) is 0 Å². The van der Waals surface area contributed by atoms with Crippen LogP contribution < -0.4 is 0 Å². The first kappa shape index (κ1) is 13.8. The van der Waals surface area contributed by atoms with Gasteiger partial charge in [0.1, 0.15) is 0 Å². The molecule has 0 aliphatic heterocycles. The van der Waals surface area contributed by atoms with Gasteiger partial charge in [0.25, 0.3) is 0 Å². The van der Waals surface area contributed by atoms with Gasteiger partial charge in [0.15, 0.2) is 5.78 Å². The van der Waals surface area contributed by atoms with Crippen LogP contribution in [0.2, 0.25) is 0 Å². The highest BCUT2D eigenvalue weighted by atomic mass is 32.1. The van der Waals surface area contributed by atoms with Crippen LogP contribution in [0.15, 0.2) is 12.1 Å². The smallest absolute Gasteiger partial charge is 0.186 e. The Hall–Kier alpha value is -0.670. The third-order valence-electron chi connectivity index (χ3n) is 3.29. The summed E-state index contributed by atoms with van der Waals surface area (Å²) in [7, 11) is 0. The maximum atomic E-state index is 12.3. The van der Waals surface area contributed by atoms with Crippen molar-refractivity contribution in [3.05, 3.63) is 21.9 Å². The summed E-state index contributed by atoms with van der Waals surface area (Å²) in [6.45, 7) is 8.23. The Bertz CT molecular complexity index is 406. The fourth-order valence-corrected chi connectivity index (χ4v) is 3.11. The number of carbonyl (C=O) groups is 1. The zero-order valence-electron chi connectivity index (χ0n) is 11.6. The van der Waals surface area contributed by atoms with E-state index in [1.807, 2.05) is 6.07 Å². The minimum Gasteiger partial charge on any atom is -0.293 e. The van der Waals surface area contributed by atoms with Crippen molar-refractivity contribution in [2.45, 2.75) is 46.1 Å². The number of nitrogens with zero attached hydrogens (tertiary/aromatic N) is 1. The minimum absolute atomic E-state index is 0.298. The molecule has 3 heteroatoms. The van der Waals surface area contributed by atoms with E-state index in [2.05, 4.69) is 31.7 Å². The summed E-state index contributed by atoms with van der Waals surface area (Å²) >= 11 is 1.66. The summed E-state index contributed by atoms with van der Waals surface area (Å²) in [5, 5.41) is 0. The predicted molar refractivity (Wildman–Crippen MR) is 77.5 cm³/mol. The second-order valence-corrected chi connectivity index (χ2v) is 6.77. The first-order valence-corrected chi connectivity index (χ1v) is 7.77. The molecule has 1 aromatic rings. The first-order chi connectivity index (χ1) is 8.60. The third kappa shape index (κ3) is 3.66. The second-order valence-electron chi connectivity index (χ2n) is 5.60. The Kier molecular flexibility index (Phi) is 4.57. The number of rotatable bonds is 7. The molecule has 0 saturated heterocycles. The third-order valence-corrected chi connectivity index (χ3v) is 4.57. The molecule has 2 nitrogen and oxygen atoms in total. The lowest BCUT2D eigenvalue weighted by Gasteiger charge is -2.22. The normalized spacial score (nSPS) is 15.6. The summed E-state index contributed by atoms with van der Waals surface area (Å²) in [6.07, 6.45) is 3.56. The van der Waals surface area contributed by atoms with Gasteiger partial charge < -0.3 is 0 Å². The molecule has 100 valence electrons. The Morgan fingerprint density at radius 1 is 1.44 bits per heavy atom. The molecule has 0 amide bonds. The van der Waals surface area contributed by atoms with Crippen molar-refractivity contribution in [2.75, 3.05) is 13.1 Å². The van der Waals surface area contributed by atoms with Crippen LogP contribution in [0.4, 0.5) is 0 Å². The van der Waals surface area contributed by atoms with Gasteiger partial charge in [-0.2, -0.15) is 0 Å². The van der Waals surface area contributed by atoms with E-state index >= 15 is 0 Å². The van der Waals surface area contributed by atoms with E-state index in [-0.39, 0.29) is 0 Å². The highest BCUT2D eigenvalue weighted by Gasteiger charge is 2.30. The van der Waals surface area contributed by atoms with Crippen LogP contribution in [-0.4, -0.2) is 29.8 Å². The first-order valence-electron chi connectivity index (χ1n) is 6.96. The van der Waals surface area contributed by atoms with Gasteiger partial charge in [-0.1, -0.05) is 20.8 Å². The van der Waals surface area contributed by atoms with E-state index in [0.717, 1.165) is 17.8 Å². The quantitative estimate of drug-likeness (QED) is 0.702. The van der Waals surface area contributed by atoms with Crippen LogP contribution in [0.3, 0.4) is 0 Å². The van der Waals surface area contributed by atoms with Gasteiger partial charge in [0.2, 0.25) is 0 Å². The number of thiophene rings is 1. The molecule has 0 atom stereocenters. The van der Waals surface area contributed by atoms with Crippen molar-refractivity contribution >= 4 is 17.1 Å². The second kappa shape index (κ2) is 5.98. The fourth-order valence-electron chi connectivity index (χ4n) is 2.23. The molecule has 18 heavy (non-hydrogen) atoms. The largest absolute Gasteiger partial charge is 0.293 e. The van der Waals surface area contributed by atoms with Gasteiger partial charge in [-0.3, -0.25) is 9.69 Å². The van der Waals surface area contributed by atoms with Crippen LogP contribution >= 0.6 is 11.3 Å². The lowest BCUT2D eigenvalue weighted by Crippen LogP contribution is -2.34. The lowest BCUT2D eigenvalue weighted by molar-refractivity contribution is 0.0919. The number of aryl methyl sites for hydroxylation is 1. The zero-order chi connectivity index (χ0) is 13.1. The molecule has 1 aliphatic carbocycles. The van der Waals surface area contributed by atoms with Gasteiger partial charge in [0, 0.05) is 17.5 Å². The molecule has 0 spiro atoms.